The molecule has 1 aromatic rings. The van der Waals surface area contributed by atoms with Gasteiger partial charge in [-0.3, -0.25) is 29.2 Å². The van der Waals surface area contributed by atoms with Gasteiger partial charge < -0.3 is 15.3 Å². The van der Waals surface area contributed by atoms with Crippen LogP contribution in [0.15, 0.2) is 48.8 Å². The lowest BCUT2D eigenvalue weighted by molar-refractivity contribution is -0.139. The van der Waals surface area contributed by atoms with Crippen LogP contribution < -0.4 is 0 Å². The Morgan fingerprint density at radius 3 is 1.84 bits per heavy atom. The van der Waals surface area contributed by atoms with Crippen LogP contribution in [0.4, 0.5) is 0 Å². The number of hydrogen-bond acceptors (Lipinski definition) is 7. The number of rotatable bonds is 11. The molecule has 1 fully saturated rings. The highest BCUT2D eigenvalue weighted by atomic mass is 16.4. The zero-order chi connectivity index (χ0) is 28.2. The van der Waals surface area contributed by atoms with Crippen molar-refractivity contribution in [1.29, 1.82) is 0 Å². The number of hydrogen-bond donors (Lipinski definition) is 3. The molecule has 1 unspecified atom stereocenters. The maximum atomic E-state index is 11.9. The Hall–Kier alpha value is -2.72. The number of carboxylic acids is 2. The molecule has 0 amide bonds. The molecule has 1 aliphatic rings. The summed E-state index contributed by atoms with van der Waals surface area (Å²) in [6, 6.07) is 8.35. The predicted molar refractivity (Wildman–Crippen MR) is 151 cm³/mol. The lowest BCUT2D eigenvalue weighted by Crippen LogP contribution is -2.52. The van der Waals surface area contributed by atoms with Crippen molar-refractivity contribution in [3.63, 3.8) is 0 Å². The Kier molecular flexibility index (Phi) is 13.0. The van der Waals surface area contributed by atoms with E-state index in [0.29, 0.717) is 64.7 Å². The Balaban J connectivity index is 2.40. The normalized spacial score (nSPS) is 19.5. The summed E-state index contributed by atoms with van der Waals surface area (Å²) in [5, 5.41) is 29.3. The fourth-order valence-corrected chi connectivity index (χ4v) is 4.92. The monoisotopic (exact) mass is 530 g/mol. The van der Waals surface area contributed by atoms with Gasteiger partial charge in [-0.15, -0.1) is 0 Å². The second-order valence-electron chi connectivity index (χ2n) is 10.8. The van der Waals surface area contributed by atoms with Gasteiger partial charge in [0.05, 0.1) is 25.4 Å². The highest BCUT2D eigenvalue weighted by molar-refractivity contribution is 5.69. The molecule has 2 rings (SSSR count). The van der Waals surface area contributed by atoms with Gasteiger partial charge >= 0.3 is 11.9 Å². The summed E-state index contributed by atoms with van der Waals surface area (Å²) < 4.78 is 0. The van der Waals surface area contributed by atoms with Gasteiger partial charge in [0.2, 0.25) is 0 Å². The molecular weight excluding hydrogens is 484 g/mol. The lowest BCUT2D eigenvalue weighted by atomic mass is 9.98. The molecule has 9 heteroatoms. The van der Waals surface area contributed by atoms with Crippen LogP contribution in [0.25, 0.3) is 0 Å². The van der Waals surface area contributed by atoms with Crippen LogP contribution in [-0.4, -0.2) is 125 Å². The molecule has 3 N–H and O–H groups in total. The van der Waals surface area contributed by atoms with Crippen molar-refractivity contribution in [3.05, 3.63) is 59.9 Å². The van der Waals surface area contributed by atoms with Crippen LogP contribution in [-0.2, 0) is 16.0 Å². The summed E-state index contributed by atoms with van der Waals surface area (Å²) in [5.74, 6) is -1.31. The van der Waals surface area contributed by atoms with E-state index >= 15 is 0 Å². The number of carboxylic acid groups (broad SMARTS) is 2. The minimum Gasteiger partial charge on any atom is -0.512 e. The molecule has 0 aliphatic carbocycles. The zero-order valence-electron chi connectivity index (χ0n) is 23.3. The Morgan fingerprint density at radius 1 is 0.816 bits per heavy atom. The van der Waals surface area contributed by atoms with Gasteiger partial charge in [-0.25, -0.2) is 0 Å². The van der Waals surface area contributed by atoms with E-state index < -0.39 is 11.9 Å². The van der Waals surface area contributed by atoms with Crippen LogP contribution in [0.3, 0.4) is 0 Å². The van der Waals surface area contributed by atoms with Crippen LogP contribution in [0.1, 0.15) is 37.8 Å². The van der Waals surface area contributed by atoms with Crippen LogP contribution in [0.2, 0.25) is 0 Å². The average Bonchev–Trinajstić information content (AvgIpc) is 2.80. The van der Waals surface area contributed by atoms with Crippen LogP contribution in [0.5, 0.6) is 0 Å². The molecule has 1 aliphatic heterocycles. The van der Waals surface area contributed by atoms with Crippen molar-refractivity contribution in [1.82, 2.24) is 19.6 Å². The van der Waals surface area contributed by atoms with Crippen molar-refractivity contribution in [2.45, 2.75) is 39.2 Å². The predicted octanol–water partition coefficient (Wildman–Crippen LogP) is 2.76. The first kappa shape index (κ1) is 31.5. The number of aliphatic hydroxyl groups excluding tert-OH is 1. The van der Waals surface area contributed by atoms with Crippen molar-refractivity contribution >= 4 is 11.9 Å². The third kappa shape index (κ3) is 11.8. The second kappa shape index (κ2) is 15.6. The summed E-state index contributed by atoms with van der Waals surface area (Å²) in [6.07, 6.45) is 0.652. The molecule has 0 radical (unpaired) electrons. The minimum atomic E-state index is -0.880. The topological polar surface area (TPSA) is 108 Å². The third-order valence-electron chi connectivity index (χ3n) is 6.87. The highest BCUT2D eigenvalue weighted by Crippen LogP contribution is 2.18. The maximum Gasteiger partial charge on any atom is 0.317 e. The summed E-state index contributed by atoms with van der Waals surface area (Å²) in [7, 11) is 0. The number of carbonyl (C=O) groups is 2. The van der Waals surface area contributed by atoms with E-state index in [1.165, 1.54) is 5.56 Å². The van der Waals surface area contributed by atoms with E-state index in [-0.39, 0.29) is 31.4 Å². The van der Waals surface area contributed by atoms with Gasteiger partial charge in [0.1, 0.15) is 0 Å². The van der Waals surface area contributed by atoms with E-state index in [2.05, 4.69) is 56.2 Å². The third-order valence-corrected chi connectivity index (χ3v) is 6.87. The first-order valence-corrected chi connectivity index (χ1v) is 13.4. The summed E-state index contributed by atoms with van der Waals surface area (Å²) in [5.41, 5.74) is 3.37. The van der Waals surface area contributed by atoms with E-state index in [4.69, 9.17) is 0 Å². The van der Waals surface area contributed by atoms with Crippen LogP contribution in [0, 0.1) is 0 Å². The minimum absolute atomic E-state index is 0.0272. The highest BCUT2D eigenvalue weighted by Gasteiger charge is 2.26. The van der Waals surface area contributed by atoms with Gasteiger partial charge in [-0.05, 0) is 30.4 Å². The van der Waals surface area contributed by atoms with Gasteiger partial charge in [0.25, 0.3) is 0 Å². The maximum absolute atomic E-state index is 11.9. The SMILES string of the molecule is C=C(C)CN1CCN(CC(=O)O)CCN(CC(=C)O)CC(Cc2ccc(C(C)C)cc2)N(CC(=O)O)CC1. The largest absolute Gasteiger partial charge is 0.512 e. The standard InChI is InChI=1S/C29H46N4O5/c1-22(2)17-30-10-11-31(20-28(35)36)12-13-32(18-24(5)34)19-27(33(15-14-30)21-29(37)38)16-25-6-8-26(9-7-25)23(3)4/h6-9,23,27,34H,1,5,10-21H2,2-4H3,(H,35,36)(H,37,38). The molecule has 1 atom stereocenters. The van der Waals surface area contributed by atoms with Gasteiger partial charge in [0.15, 0.2) is 0 Å². The molecular formula is C29H46N4O5. The summed E-state index contributed by atoms with van der Waals surface area (Å²) in [6.45, 7) is 18.7. The van der Waals surface area contributed by atoms with Crippen molar-refractivity contribution in [2.75, 3.05) is 72.0 Å². The van der Waals surface area contributed by atoms with E-state index in [9.17, 15) is 24.9 Å². The average molecular weight is 531 g/mol. The van der Waals surface area contributed by atoms with Gasteiger partial charge in [-0.1, -0.05) is 56.8 Å². The Bertz CT molecular complexity index is 933. The molecule has 1 heterocycles. The molecule has 38 heavy (non-hydrogen) atoms. The summed E-state index contributed by atoms with van der Waals surface area (Å²) in [4.78, 5) is 31.7. The van der Waals surface area contributed by atoms with Crippen molar-refractivity contribution < 1.29 is 24.9 Å². The number of aliphatic hydroxyl groups is 1. The lowest BCUT2D eigenvalue weighted by Gasteiger charge is -2.38. The zero-order valence-corrected chi connectivity index (χ0v) is 23.3. The fraction of sp³-hybridized carbons (Fsp3) is 0.586. The molecule has 1 saturated heterocycles. The molecule has 0 bridgehead atoms. The number of aliphatic carboxylic acids is 2. The van der Waals surface area contributed by atoms with E-state index in [1.54, 1.807) is 0 Å². The molecule has 0 saturated carbocycles. The number of benzene rings is 1. The Morgan fingerprint density at radius 2 is 1.34 bits per heavy atom. The van der Waals surface area contributed by atoms with Crippen molar-refractivity contribution in [3.8, 4) is 0 Å². The van der Waals surface area contributed by atoms with Crippen LogP contribution >= 0.6 is 0 Å². The van der Waals surface area contributed by atoms with E-state index in [1.807, 2.05) is 21.6 Å². The van der Waals surface area contributed by atoms with Crippen molar-refractivity contribution in [2.24, 2.45) is 0 Å². The first-order valence-electron chi connectivity index (χ1n) is 13.4. The second-order valence-corrected chi connectivity index (χ2v) is 10.8. The Labute approximate surface area is 227 Å². The molecule has 212 valence electrons. The first-order chi connectivity index (χ1) is 17.9. The number of nitrogens with zero attached hydrogens (tertiary/aromatic N) is 4. The fourth-order valence-electron chi connectivity index (χ4n) is 4.92. The van der Waals surface area contributed by atoms with E-state index in [0.717, 1.165) is 11.1 Å². The van der Waals surface area contributed by atoms with Gasteiger partial charge in [0, 0.05) is 58.4 Å². The van der Waals surface area contributed by atoms with Gasteiger partial charge in [-0.2, -0.15) is 0 Å². The smallest absolute Gasteiger partial charge is 0.317 e. The quantitative estimate of drug-likeness (QED) is 0.294. The molecule has 0 aromatic heterocycles. The molecule has 9 nitrogen and oxygen atoms in total. The molecule has 0 spiro atoms. The summed E-state index contributed by atoms with van der Waals surface area (Å²) >= 11 is 0. The molecule has 1 aromatic carbocycles.